The molecule has 1 aromatic heterocycles. The van der Waals surface area contributed by atoms with E-state index < -0.39 is 17.9 Å². The maximum absolute atomic E-state index is 11.8. The summed E-state index contributed by atoms with van der Waals surface area (Å²) in [6.07, 6.45) is 1.41. The van der Waals surface area contributed by atoms with Crippen molar-refractivity contribution in [2.24, 2.45) is 0 Å². The number of nitrogens with zero attached hydrogens (tertiary/aromatic N) is 1. The third-order valence-corrected chi connectivity index (χ3v) is 3.08. The van der Waals surface area contributed by atoms with E-state index in [4.69, 9.17) is 5.11 Å². The van der Waals surface area contributed by atoms with Gasteiger partial charge < -0.3 is 10.4 Å². The summed E-state index contributed by atoms with van der Waals surface area (Å²) in [6.45, 7) is 0. The number of amides is 1. The number of aromatic nitrogens is 1. The number of benzene rings is 1. The van der Waals surface area contributed by atoms with Crippen molar-refractivity contribution in [1.29, 1.82) is 0 Å². The maximum atomic E-state index is 11.8. The average Bonchev–Trinajstić information content (AvgIpc) is 2.90. The van der Waals surface area contributed by atoms with Crippen molar-refractivity contribution in [3.8, 4) is 0 Å². The van der Waals surface area contributed by atoms with Gasteiger partial charge in [-0.05, 0) is 5.56 Å². The van der Waals surface area contributed by atoms with Crippen LogP contribution in [0.15, 0.2) is 42.0 Å². The van der Waals surface area contributed by atoms with E-state index in [1.54, 1.807) is 30.3 Å². The summed E-state index contributed by atoms with van der Waals surface area (Å²) in [4.78, 5) is 27.1. The lowest BCUT2D eigenvalue weighted by atomic mass is 10.1. The smallest absolute Gasteiger partial charge is 0.330 e. The summed E-state index contributed by atoms with van der Waals surface area (Å²) in [7, 11) is 0. The second-order valence-electron chi connectivity index (χ2n) is 3.52. The molecule has 0 saturated heterocycles. The van der Waals surface area contributed by atoms with Gasteiger partial charge in [0.25, 0.3) is 5.91 Å². The van der Waals surface area contributed by atoms with Crippen LogP contribution in [0.5, 0.6) is 0 Å². The molecule has 1 atom stereocenters. The highest BCUT2D eigenvalue weighted by Crippen LogP contribution is 2.14. The first kappa shape index (κ1) is 12.3. The molecule has 0 spiro atoms. The first-order valence-electron chi connectivity index (χ1n) is 5.15. The molecule has 0 aliphatic heterocycles. The summed E-state index contributed by atoms with van der Waals surface area (Å²) in [6, 6.07) is 7.50. The van der Waals surface area contributed by atoms with E-state index in [1.807, 2.05) is 0 Å². The van der Waals surface area contributed by atoms with Gasteiger partial charge in [-0.1, -0.05) is 30.3 Å². The Morgan fingerprint density at radius 1 is 1.28 bits per heavy atom. The second-order valence-corrected chi connectivity index (χ2v) is 4.41. The van der Waals surface area contributed by atoms with Gasteiger partial charge in [0.1, 0.15) is 4.88 Å². The van der Waals surface area contributed by atoms with E-state index in [0.717, 1.165) is 11.3 Å². The van der Waals surface area contributed by atoms with Crippen LogP contribution < -0.4 is 5.32 Å². The lowest BCUT2D eigenvalue weighted by Gasteiger charge is -2.13. The van der Waals surface area contributed by atoms with Gasteiger partial charge in [-0.3, -0.25) is 9.78 Å². The largest absolute Gasteiger partial charge is 0.479 e. The molecule has 18 heavy (non-hydrogen) atoms. The van der Waals surface area contributed by atoms with Crippen molar-refractivity contribution in [3.05, 3.63) is 52.5 Å². The third-order valence-electron chi connectivity index (χ3n) is 2.31. The fourth-order valence-electron chi connectivity index (χ4n) is 1.46. The molecule has 92 valence electrons. The summed E-state index contributed by atoms with van der Waals surface area (Å²) in [5, 5.41) is 11.6. The highest BCUT2D eigenvalue weighted by atomic mass is 32.1. The number of aliphatic carboxylic acids is 1. The summed E-state index contributed by atoms with van der Waals surface area (Å²) in [5.41, 5.74) is 2.05. The highest BCUT2D eigenvalue weighted by Gasteiger charge is 2.22. The average molecular weight is 262 g/mol. The number of thiazole rings is 1. The second kappa shape index (κ2) is 5.42. The highest BCUT2D eigenvalue weighted by molar-refractivity contribution is 7.11. The Kier molecular flexibility index (Phi) is 3.69. The zero-order valence-corrected chi connectivity index (χ0v) is 10.1. The number of nitrogens with one attached hydrogen (secondary N) is 1. The van der Waals surface area contributed by atoms with E-state index in [0.29, 0.717) is 10.4 Å². The zero-order chi connectivity index (χ0) is 13.0. The van der Waals surface area contributed by atoms with E-state index in [-0.39, 0.29) is 0 Å². The summed E-state index contributed by atoms with van der Waals surface area (Å²) >= 11 is 1.16. The maximum Gasteiger partial charge on any atom is 0.330 e. The molecule has 6 heteroatoms. The molecule has 0 bridgehead atoms. The van der Waals surface area contributed by atoms with Gasteiger partial charge in [0.15, 0.2) is 6.04 Å². The molecule has 2 rings (SSSR count). The Balaban J connectivity index is 2.18. The molecule has 1 heterocycles. The number of carbonyl (C=O) groups is 2. The topological polar surface area (TPSA) is 79.3 Å². The molecule has 5 nitrogen and oxygen atoms in total. The molecule has 0 radical (unpaired) electrons. The fourth-order valence-corrected chi connectivity index (χ4v) is 1.99. The molecular weight excluding hydrogens is 252 g/mol. The van der Waals surface area contributed by atoms with Crippen LogP contribution in [0.25, 0.3) is 0 Å². The van der Waals surface area contributed by atoms with E-state index in [9.17, 15) is 9.59 Å². The molecule has 0 aliphatic rings. The van der Waals surface area contributed by atoms with Gasteiger partial charge in [0, 0.05) is 0 Å². The quantitative estimate of drug-likeness (QED) is 0.879. The zero-order valence-electron chi connectivity index (χ0n) is 9.24. The first-order chi connectivity index (χ1) is 8.68. The lowest BCUT2D eigenvalue weighted by Crippen LogP contribution is -2.33. The van der Waals surface area contributed by atoms with Crippen LogP contribution in [0.2, 0.25) is 0 Å². The predicted octanol–water partition coefficient (Wildman–Crippen LogP) is 1.70. The van der Waals surface area contributed by atoms with Crippen molar-refractivity contribution in [2.75, 3.05) is 0 Å². The predicted molar refractivity (Wildman–Crippen MR) is 66.4 cm³/mol. The van der Waals surface area contributed by atoms with Crippen LogP contribution in [-0.4, -0.2) is 22.0 Å². The van der Waals surface area contributed by atoms with Gasteiger partial charge in [-0.15, -0.1) is 11.3 Å². The van der Waals surface area contributed by atoms with E-state index in [2.05, 4.69) is 10.3 Å². The number of hydrogen-bond donors (Lipinski definition) is 2. The van der Waals surface area contributed by atoms with Crippen molar-refractivity contribution < 1.29 is 14.7 Å². The van der Waals surface area contributed by atoms with Crippen molar-refractivity contribution >= 4 is 23.2 Å². The molecule has 2 N–H and O–H groups in total. The number of carboxylic acid groups (broad SMARTS) is 1. The Labute approximate surface area is 107 Å². The van der Waals surface area contributed by atoms with Gasteiger partial charge >= 0.3 is 5.97 Å². The molecule has 0 saturated carbocycles. The molecule has 0 aliphatic carbocycles. The molecule has 1 aromatic carbocycles. The summed E-state index contributed by atoms with van der Waals surface area (Å²) in [5.74, 6) is -1.53. The van der Waals surface area contributed by atoms with Crippen LogP contribution in [0.3, 0.4) is 0 Å². The van der Waals surface area contributed by atoms with Crippen LogP contribution in [-0.2, 0) is 4.79 Å². The Bertz CT molecular complexity index is 540. The fraction of sp³-hybridized carbons (Fsp3) is 0.0833. The molecule has 0 fully saturated rings. The van der Waals surface area contributed by atoms with Crippen LogP contribution in [0.1, 0.15) is 21.3 Å². The monoisotopic (exact) mass is 262 g/mol. The molecule has 0 unspecified atom stereocenters. The van der Waals surface area contributed by atoms with E-state index >= 15 is 0 Å². The Morgan fingerprint density at radius 3 is 2.56 bits per heavy atom. The van der Waals surface area contributed by atoms with Gasteiger partial charge in [-0.2, -0.15) is 0 Å². The number of hydrogen-bond acceptors (Lipinski definition) is 4. The molecule has 2 aromatic rings. The van der Waals surface area contributed by atoms with Crippen molar-refractivity contribution in [1.82, 2.24) is 10.3 Å². The van der Waals surface area contributed by atoms with Gasteiger partial charge in [0.05, 0.1) is 11.7 Å². The van der Waals surface area contributed by atoms with Crippen molar-refractivity contribution in [2.45, 2.75) is 6.04 Å². The minimum absolute atomic E-state index is 0.386. The molecular formula is C12H10N2O3S. The SMILES string of the molecule is O=C(N[C@H](C(=O)O)c1ccccc1)c1cncs1. The summed E-state index contributed by atoms with van der Waals surface area (Å²) < 4.78 is 0. The standard InChI is InChI=1S/C12H10N2O3S/c15-11(9-6-13-7-18-9)14-10(12(16)17)8-4-2-1-3-5-8/h1-7,10H,(H,14,15)(H,16,17)/t10-/m0/s1. The van der Waals surface area contributed by atoms with Gasteiger partial charge in [-0.25, -0.2) is 4.79 Å². The van der Waals surface area contributed by atoms with Crippen LogP contribution in [0.4, 0.5) is 0 Å². The molecule has 1 amide bonds. The minimum atomic E-state index is -1.10. The number of carboxylic acids is 1. The number of rotatable bonds is 4. The van der Waals surface area contributed by atoms with Gasteiger partial charge in [0.2, 0.25) is 0 Å². The Morgan fingerprint density at radius 2 is 2.00 bits per heavy atom. The lowest BCUT2D eigenvalue weighted by molar-refractivity contribution is -0.139. The van der Waals surface area contributed by atoms with Crippen LogP contribution in [0, 0.1) is 0 Å². The minimum Gasteiger partial charge on any atom is -0.479 e. The third kappa shape index (κ3) is 2.72. The number of carbonyl (C=O) groups excluding carboxylic acids is 1. The van der Waals surface area contributed by atoms with Crippen molar-refractivity contribution in [3.63, 3.8) is 0 Å². The normalized spacial score (nSPS) is 11.8. The first-order valence-corrected chi connectivity index (χ1v) is 6.03. The van der Waals surface area contributed by atoms with E-state index in [1.165, 1.54) is 11.7 Å². The van der Waals surface area contributed by atoms with Crippen LogP contribution >= 0.6 is 11.3 Å². The Hall–Kier alpha value is -2.21.